The molecule has 0 atom stereocenters. The highest BCUT2D eigenvalue weighted by Crippen LogP contribution is 2.62. The van der Waals surface area contributed by atoms with E-state index in [-0.39, 0.29) is 0 Å². The Morgan fingerprint density at radius 1 is 0.322 bits per heavy atom. The number of rotatable bonds is 5. The van der Waals surface area contributed by atoms with Crippen LogP contribution in [0.4, 0.5) is 17.1 Å². The van der Waals surface area contributed by atoms with Crippen molar-refractivity contribution in [2.45, 2.75) is 5.41 Å². The molecule has 2 aliphatic rings. The quantitative estimate of drug-likeness (QED) is 0.162. The summed E-state index contributed by atoms with van der Waals surface area (Å²) in [7, 11) is 0. The van der Waals surface area contributed by atoms with Crippen LogP contribution in [0.2, 0.25) is 0 Å². The molecule has 10 aromatic carbocycles. The maximum absolute atomic E-state index is 6.77. The molecular weight excluding hydrogens is 715 g/mol. The van der Waals surface area contributed by atoms with Crippen molar-refractivity contribution in [3.05, 3.63) is 247 Å². The van der Waals surface area contributed by atoms with Gasteiger partial charge in [0.2, 0.25) is 0 Å². The standard InChI is InChI=1S/C57H37NO/c1-2-15-38(16-3-1)39-29-32-43(33-30-39)58(54-37-42-17-4-5-20-45(42)46-21-6-7-24-49(46)54)44-19-14-18-40(35-44)41-31-34-56-53(36-41)57(52-27-12-13-28-55(52)59-56)50-25-10-8-22-47(50)48-23-9-11-26-51(48)57/h1-37H. The van der Waals surface area contributed by atoms with Gasteiger partial charge in [-0.2, -0.15) is 0 Å². The summed E-state index contributed by atoms with van der Waals surface area (Å²) in [5.41, 5.74) is 14.9. The largest absolute Gasteiger partial charge is 0.457 e. The van der Waals surface area contributed by atoms with Gasteiger partial charge in [-0.05, 0) is 109 Å². The monoisotopic (exact) mass is 751 g/mol. The second-order valence-corrected chi connectivity index (χ2v) is 15.6. The zero-order valence-electron chi connectivity index (χ0n) is 32.2. The smallest absolute Gasteiger partial charge is 0.132 e. The number of anilines is 3. The van der Waals surface area contributed by atoms with E-state index in [1.165, 1.54) is 60.5 Å². The molecule has 1 aliphatic carbocycles. The topological polar surface area (TPSA) is 12.5 Å². The Labute approximate surface area is 343 Å². The van der Waals surface area contributed by atoms with E-state index in [1.807, 2.05) is 0 Å². The van der Waals surface area contributed by atoms with Crippen LogP contribution in [-0.4, -0.2) is 0 Å². The van der Waals surface area contributed by atoms with Crippen molar-refractivity contribution >= 4 is 38.6 Å². The maximum atomic E-state index is 6.77. The molecule has 0 saturated heterocycles. The summed E-state index contributed by atoms with van der Waals surface area (Å²) in [6, 6.07) is 81.6. The first kappa shape index (κ1) is 33.5. The number of hydrogen-bond acceptors (Lipinski definition) is 2. The zero-order chi connectivity index (χ0) is 38.9. The zero-order valence-corrected chi connectivity index (χ0v) is 32.2. The van der Waals surface area contributed by atoms with E-state index >= 15 is 0 Å². The van der Waals surface area contributed by atoms with Gasteiger partial charge in [0.15, 0.2) is 0 Å². The number of nitrogens with zero attached hydrogens (tertiary/aromatic N) is 1. The Bertz CT molecular complexity index is 3210. The molecule has 1 heterocycles. The third-order valence-electron chi connectivity index (χ3n) is 12.5. The van der Waals surface area contributed by atoms with Crippen LogP contribution in [0.25, 0.3) is 54.9 Å². The van der Waals surface area contributed by atoms with E-state index in [0.717, 1.165) is 45.3 Å². The van der Waals surface area contributed by atoms with Crippen LogP contribution in [0.15, 0.2) is 224 Å². The van der Waals surface area contributed by atoms with Crippen LogP contribution in [0.3, 0.4) is 0 Å². The number of benzene rings is 10. The first-order valence-corrected chi connectivity index (χ1v) is 20.3. The Morgan fingerprint density at radius 2 is 0.881 bits per heavy atom. The summed E-state index contributed by atoms with van der Waals surface area (Å²) < 4.78 is 6.77. The number of ether oxygens (including phenoxy) is 1. The molecule has 2 nitrogen and oxygen atoms in total. The molecule has 0 bridgehead atoms. The predicted molar refractivity (Wildman–Crippen MR) is 244 cm³/mol. The van der Waals surface area contributed by atoms with Gasteiger partial charge in [0.1, 0.15) is 11.5 Å². The fraction of sp³-hybridized carbons (Fsp3) is 0.0175. The molecule has 276 valence electrons. The molecule has 0 unspecified atom stereocenters. The summed E-state index contributed by atoms with van der Waals surface area (Å²) >= 11 is 0. The van der Waals surface area contributed by atoms with Crippen molar-refractivity contribution in [3.8, 4) is 44.9 Å². The van der Waals surface area contributed by atoms with Gasteiger partial charge in [-0.1, -0.05) is 176 Å². The third kappa shape index (κ3) is 5.06. The predicted octanol–water partition coefficient (Wildman–Crippen LogP) is 15.3. The molecule has 0 saturated carbocycles. The van der Waals surface area contributed by atoms with Crippen LogP contribution in [-0.2, 0) is 5.41 Å². The average Bonchev–Trinajstić information content (AvgIpc) is 3.60. The van der Waals surface area contributed by atoms with Gasteiger partial charge in [-0.15, -0.1) is 0 Å². The van der Waals surface area contributed by atoms with Gasteiger partial charge in [-0.3, -0.25) is 0 Å². The molecule has 2 heteroatoms. The van der Waals surface area contributed by atoms with Crippen LogP contribution in [0, 0.1) is 0 Å². The van der Waals surface area contributed by atoms with E-state index in [9.17, 15) is 0 Å². The van der Waals surface area contributed by atoms with E-state index < -0.39 is 5.41 Å². The Hall–Kier alpha value is -7.68. The molecule has 1 aliphatic heterocycles. The Balaban J connectivity index is 1.06. The lowest BCUT2D eigenvalue weighted by atomic mass is 9.66. The summed E-state index contributed by atoms with van der Waals surface area (Å²) in [4.78, 5) is 2.43. The van der Waals surface area contributed by atoms with Crippen molar-refractivity contribution < 1.29 is 4.74 Å². The van der Waals surface area contributed by atoms with Crippen LogP contribution in [0.1, 0.15) is 22.3 Å². The molecule has 10 aromatic rings. The number of fused-ring (bicyclic) bond motifs is 12. The van der Waals surface area contributed by atoms with Crippen molar-refractivity contribution in [2.75, 3.05) is 4.90 Å². The fourth-order valence-electron chi connectivity index (χ4n) is 9.94. The molecule has 0 radical (unpaired) electrons. The van der Waals surface area contributed by atoms with E-state index in [2.05, 4.69) is 229 Å². The van der Waals surface area contributed by atoms with Gasteiger partial charge in [0, 0.05) is 27.9 Å². The first-order chi connectivity index (χ1) is 29.3. The Kier molecular flexibility index (Phi) is 7.48. The third-order valence-corrected chi connectivity index (χ3v) is 12.5. The van der Waals surface area contributed by atoms with Gasteiger partial charge in [0.05, 0.1) is 11.1 Å². The molecular formula is C57H37NO. The summed E-state index contributed by atoms with van der Waals surface area (Å²) in [6.45, 7) is 0. The second-order valence-electron chi connectivity index (χ2n) is 15.6. The van der Waals surface area contributed by atoms with Crippen molar-refractivity contribution in [3.63, 3.8) is 0 Å². The molecule has 0 N–H and O–H groups in total. The highest BCUT2D eigenvalue weighted by Gasteiger charge is 2.51. The number of para-hydroxylation sites is 1. The van der Waals surface area contributed by atoms with Gasteiger partial charge in [-0.25, -0.2) is 0 Å². The van der Waals surface area contributed by atoms with Gasteiger partial charge < -0.3 is 9.64 Å². The molecule has 12 rings (SSSR count). The minimum Gasteiger partial charge on any atom is -0.457 e. The first-order valence-electron chi connectivity index (χ1n) is 20.3. The van der Waals surface area contributed by atoms with Gasteiger partial charge >= 0.3 is 0 Å². The lowest BCUT2D eigenvalue weighted by Crippen LogP contribution is -2.32. The minimum absolute atomic E-state index is 0.526. The molecule has 0 fully saturated rings. The molecule has 0 aromatic heterocycles. The minimum atomic E-state index is -0.526. The Morgan fingerprint density at radius 3 is 1.66 bits per heavy atom. The fourth-order valence-corrected chi connectivity index (χ4v) is 9.94. The summed E-state index contributed by atoms with van der Waals surface area (Å²) in [6.07, 6.45) is 0. The van der Waals surface area contributed by atoms with E-state index in [0.29, 0.717) is 0 Å². The summed E-state index contributed by atoms with van der Waals surface area (Å²) in [5.74, 6) is 1.79. The maximum Gasteiger partial charge on any atom is 0.132 e. The SMILES string of the molecule is c1ccc(-c2ccc(N(c3cccc(-c4ccc5c(c4)C4(c6ccccc6O5)c5ccccc5-c5ccccc54)c3)c3cc4ccccc4c4ccccc34)cc2)cc1. The summed E-state index contributed by atoms with van der Waals surface area (Å²) in [5, 5.41) is 4.90. The second kappa shape index (κ2) is 13.2. The van der Waals surface area contributed by atoms with Crippen molar-refractivity contribution in [2.24, 2.45) is 0 Å². The number of hydrogen-bond donors (Lipinski definition) is 0. The van der Waals surface area contributed by atoms with Crippen molar-refractivity contribution in [1.82, 2.24) is 0 Å². The van der Waals surface area contributed by atoms with Crippen LogP contribution < -0.4 is 9.64 Å². The molecule has 59 heavy (non-hydrogen) atoms. The lowest BCUT2D eigenvalue weighted by molar-refractivity contribution is 0.436. The average molecular weight is 752 g/mol. The normalized spacial score (nSPS) is 13.0. The van der Waals surface area contributed by atoms with Crippen LogP contribution in [0.5, 0.6) is 11.5 Å². The van der Waals surface area contributed by atoms with E-state index in [4.69, 9.17) is 4.74 Å². The van der Waals surface area contributed by atoms with Gasteiger partial charge in [0.25, 0.3) is 0 Å². The van der Waals surface area contributed by atoms with E-state index in [1.54, 1.807) is 0 Å². The molecule has 0 amide bonds. The van der Waals surface area contributed by atoms with Crippen molar-refractivity contribution in [1.29, 1.82) is 0 Å². The highest BCUT2D eigenvalue weighted by atomic mass is 16.5. The highest BCUT2D eigenvalue weighted by molar-refractivity contribution is 6.14. The van der Waals surface area contributed by atoms with Crippen LogP contribution >= 0.6 is 0 Å². The lowest BCUT2D eigenvalue weighted by Gasteiger charge is -2.39. The molecule has 1 spiro atoms.